The lowest BCUT2D eigenvalue weighted by molar-refractivity contribution is -0.109. The number of hydrogen-bond donors (Lipinski definition) is 1. The molecule has 0 saturated carbocycles. The first kappa shape index (κ1) is 13.8. The van der Waals surface area contributed by atoms with E-state index in [1.165, 1.54) is 11.8 Å². The number of carbonyl (C=O) groups excluding carboxylic acids is 2. The first-order valence-electron chi connectivity index (χ1n) is 5.91. The van der Waals surface area contributed by atoms with Gasteiger partial charge in [-0.3, -0.25) is 14.6 Å². The van der Waals surface area contributed by atoms with E-state index in [4.69, 9.17) is 0 Å². The molecule has 18 heavy (non-hydrogen) atoms. The Hall–Kier alpha value is -0.660. The van der Waals surface area contributed by atoms with Crippen LogP contribution in [-0.4, -0.2) is 51.3 Å². The summed E-state index contributed by atoms with van der Waals surface area (Å²) in [4.78, 5) is 26.7. The molecule has 0 spiro atoms. The van der Waals surface area contributed by atoms with Crippen molar-refractivity contribution < 1.29 is 9.59 Å². The van der Waals surface area contributed by atoms with Gasteiger partial charge in [0.2, 0.25) is 0 Å². The molecule has 2 rings (SSSR count). The van der Waals surface area contributed by atoms with Crippen LogP contribution < -0.4 is 5.32 Å². The third-order valence-electron chi connectivity index (χ3n) is 2.74. The van der Waals surface area contributed by atoms with Crippen LogP contribution in [0, 0.1) is 0 Å². The molecule has 0 aromatic carbocycles. The molecule has 0 bridgehead atoms. The van der Waals surface area contributed by atoms with Crippen LogP contribution in [0.4, 0.5) is 4.79 Å². The third-order valence-corrected chi connectivity index (χ3v) is 4.75. The smallest absolute Gasteiger partial charge is 0.323 e. The SMILES string of the molecule is CCNC(=O)N1C=CSC1N1CC(SC(C)=O)C1. The molecule has 1 N–H and O–H groups in total. The van der Waals surface area contributed by atoms with Crippen LogP contribution in [0.15, 0.2) is 11.6 Å². The van der Waals surface area contributed by atoms with Gasteiger partial charge in [-0.05, 0) is 12.3 Å². The Balaban J connectivity index is 1.83. The van der Waals surface area contributed by atoms with Crippen molar-refractivity contribution in [1.29, 1.82) is 0 Å². The maximum atomic E-state index is 11.8. The highest BCUT2D eigenvalue weighted by Crippen LogP contribution is 2.34. The molecule has 1 unspecified atom stereocenters. The van der Waals surface area contributed by atoms with E-state index in [1.807, 2.05) is 18.5 Å². The summed E-state index contributed by atoms with van der Waals surface area (Å²) in [5, 5.41) is 5.28. The molecular weight excluding hydrogens is 270 g/mol. The van der Waals surface area contributed by atoms with Crippen molar-refractivity contribution in [2.24, 2.45) is 0 Å². The van der Waals surface area contributed by atoms with E-state index in [-0.39, 0.29) is 16.6 Å². The zero-order valence-corrected chi connectivity index (χ0v) is 12.1. The highest BCUT2D eigenvalue weighted by atomic mass is 32.2. The Morgan fingerprint density at radius 1 is 1.50 bits per heavy atom. The van der Waals surface area contributed by atoms with E-state index in [9.17, 15) is 9.59 Å². The van der Waals surface area contributed by atoms with Gasteiger partial charge in [0.1, 0.15) is 5.50 Å². The van der Waals surface area contributed by atoms with Gasteiger partial charge in [0.05, 0.1) is 0 Å². The van der Waals surface area contributed by atoms with Gasteiger partial charge < -0.3 is 5.32 Å². The number of nitrogens with zero attached hydrogens (tertiary/aromatic N) is 2. The van der Waals surface area contributed by atoms with Gasteiger partial charge in [-0.1, -0.05) is 23.5 Å². The standard InChI is InChI=1S/C11H17N3O2S2/c1-3-12-10(16)14-4-5-17-11(14)13-6-9(7-13)18-8(2)15/h4-5,9,11H,3,6-7H2,1-2H3,(H,12,16). The topological polar surface area (TPSA) is 52.7 Å². The first-order chi connectivity index (χ1) is 8.61. The molecule has 2 amide bonds. The maximum Gasteiger partial charge on any atom is 0.323 e. The fourth-order valence-corrected chi connectivity index (χ4v) is 3.93. The van der Waals surface area contributed by atoms with Gasteiger partial charge in [0.25, 0.3) is 0 Å². The number of carbonyl (C=O) groups is 2. The van der Waals surface area contributed by atoms with Crippen molar-refractivity contribution in [1.82, 2.24) is 15.1 Å². The Bertz CT molecular complexity index is 369. The van der Waals surface area contributed by atoms with Crippen LogP contribution in [0.3, 0.4) is 0 Å². The lowest BCUT2D eigenvalue weighted by Crippen LogP contribution is -2.58. The van der Waals surface area contributed by atoms with Crippen molar-refractivity contribution >= 4 is 34.7 Å². The van der Waals surface area contributed by atoms with Gasteiger partial charge in [0, 0.05) is 38.0 Å². The number of amides is 2. The summed E-state index contributed by atoms with van der Waals surface area (Å²) in [6.07, 6.45) is 1.81. The number of rotatable bonds is 3. The number of nitrogens with one attached hydrogen (secondary N) is 1. The summed E-state index contributed by atoms with van der Waals surface area (Å²) in [5.74, 6) is 0. The zero-order valence-electron chi connectivity index (χ0n) is 10.5. The predicted molar refractivity (Wildman–Crippen MR) is 75.1 cm³/mol. The molecule has 7 heteroatoms. The lowest BCUT2D eigenvalue weighted by Gasteiger charge is -2.44. The number of likely N-dealkylation sites (tertiary alicyclic amines) is 1. The van der Waals surface area contributed by atoms with E-state index in [1.54, 1.807) is 23.6 Å². The Morgan fingerprint density at radius 3 is 2.83 bits per heavy atom. The monoisotopic (exact) mass is 287 g/mol. The van der Waals surface area contributed by atoms with E-state index < -0.39 is 0 Å². The largest absolute Gasteiger partial charge is 0.338 e. The number of urea groups is 1. The summed E-state index contributed by atoms with van der Waals surface area (Å²) in [6, 6.07) is -0.0635. The second-order valence-corrected chi connectivity index (χ2v) is 6.62. The quantitative estimate of drug-likeness (QED) is 0.852. The molecule has 1 fully saturated rings. The summed E-state index contributed by atoms with van der Waals surface area (Å²) in [6.45, 7) is 5.85. The minimum absolute atomic E-state index is 0.0420. The van der Waals surface area contributed by atoms with Crippen LogP contribution in [0.25, 0.3) is 0 Å². The van der Waals surface area contributed by atoms with Crippen molar-refractivity contribution in [3.05, 3.63) is 11.6 Å². The molecule has 5 nitrogen and oxygen atoms in total. The molecule has 0 aromatic rings. The Morgan fingerprint density at radius 2 is 2.22 bits per heavy atom. The average Bonchev–Trinajstić information content (AvgIpc) is 2.71. The highest BCUT2D eigenvalue weighted by Gasteiger charge is 2.39. The second-order valence-electron chi connectivity index (χ2n) is 4.18. The molecule has 1 saturated heterocycles. The first-order valence-corrected chi connectivity index (χ1v) is 7.73. The van der Waals surface area contributed by atoms with Crippen molar-refractivity contribution in [3.8, 4) is 0 Å². The Kier molecular flexibility index (Phi) is 4.58. The van der Waals surface area contributed by atoms with E-state index in [0.29, 0.717) is 11.8 Å². The number of thioether (sulfide) groups is 2. The van der Waals surface area contributed by atoms with Gasteiger partial charge in [0.15, 0.2) is 5.12 Å². The molecular formula is C11H17N3O2S2. The summed E-state index contributed by atoms with van der Waals surface area (Å²) >= 11 is 3.02. The molecule has 2 aliphatic rings. The van der Waals surface area contributed by atoms with Crippen molar-refractivity contribution in [2.45, 2.75) is 24.6 Å². The lowest BCUT2D eigenvalue weighted by atomic mass is 10.2. The predicted octanol–water partition coefficient (Wildman–Crippen LogP) is 1.48. The average molecular weight is 287 g/mol. The van der Waals surface area contributed by atoms with E-state index in [2.05, 4.69) is 10.2 Å². The number of hydrogen-bond acceptors (Lipinski definition) is 5. The van der Waals surface area contributed by atoms with Crippen LogP contribution in [0.5, 0.6) is 0 Å². The summed E-state index contributed by atoms with van der Waals surface area (Å²) < 4.78 is 0. The molecule has 0 aliphatic carbocycles. The van der Waals surface area contributed by atoms with Gasteiger partial charge >= 0.3 is 6.03 Å². The molecule has 0 radical (unpaired) electrons. The summed E-state index contributed by atoms with van der Waals surface area (Å²) in [7, 11) is 0. The van der Waals surface area contributed by atoms with Crippen molar-refractivity contribution in [2.75, 3.05) is 19.6 Å². The fourth-order valence-electron chi connectivity index (χ4n) is 1.94. The molecule has 100 valence electrons. The van der Waals surface area contributed by atoms with Crippen LogP contribution in [0.2, 0.25) is 0 Å². The molecule has 1 atom stereocenters. The summed E-state index contributed by atoms with van der Waals surface area (Å²) in [5.41, 5.74) is 0.0420. The zero-order chi connectivity index (χ0) is 13.1. The fraction of sp³-hybridized carbons (Fsp3) is 0.636. The third kappa shape index (κ3) is 3.02. The molecule has 0 aromatic heterocycles. The van der Waals surface area contributed by atoms with Crippen LogP contribution in [0.1, 0.15) is 13.8 Å². The highest BCUT2D eigenvalue weighted by molar-refractivity contribution is 8.14. The van der Waals surface area contributed by atoms with Crippen LogP contribution in [-0.2, 0) is 4.79 Å². The normalized spacial score (nSPS) is 24.1. The van der Waals surface area contributed by atoms with Gasteiger partial charge in [-0.2, -0.15) is 0 Å². The van der Waals surface area contributed by atoms with Crippen molar-refractivity contribution in [3.63, 3.8) is 0 Å². The molecule has 2 aliphatic heterocycles. The minimum atomic E-state index is -0.0635. The van der Waals surface area contributed by atoms with E-state index in [0.717, 1.165) is 13.1 Å². The maximum absolute atomic E-state index is 11.8. The Labute approximate surface area is 115 Å². The van der Waals surface area contributed by atoms with Crippen LogP contribution >= 0.6 is 23.5 Å². The van der Waals surface area contributed by atoms with E-state index >= 15 is 0 Å². The van der Waals surface area contributed by atoms with Gasteiger partial charge in [-0.25, -0.2) is 4.79 Å². The second kappa shape index (κ2) is 5.99. The molecule has 2 heterocycles. The minimum Gasteiger partial charge on any atom is -0.338 e. The van der Waals surface area contributed by atoms with Gasteiger partial charge in [-0.15, -0.1) is 0 Å².